The van der Waals surface area contributed by atoms with Gasteiger partial charge in [-0.05, 0) is 42.5 Å². The Morgan fingerprint density at radius 2 is 1.53 bits per heavy atom. The monoisotopic (exact) mass is 514 g/mol. The lowest BCUT2D eigenvalue weighted by Gasteiger charge is -2.37. The SMILES string of the molecule is O=C(NC1CC2CNNC2C(C(=O)NCc2ccccc2C(F)(F)F)C1)c1ccccc1C(F)(F)F. The topological polar surface area (TPSA) is 82.3 Å². The van der Waals surface area contributed by atoms with Crippen LogP contribution in [0.25, 0.3) is 0 Å². The molecule has 2 aliphatic rings. The number of carbonyl (C=O) groups excluding carboxylic acids is 2. The Morgan fingerprint density at radius 1 is 0.889 bits per heavy atom. The molecule has 4 N–H and O–H groups in total. The molecule has 1 heterocycles. The van der Waals surface area contributed by atoms with Gasteiger partial charge in [0.25, 0.3) is 5.91 Å². The number of amides is 2. The second-order valence-corrected chi connectivity index (χ2v) is 8.98. The standard InChI is InChI=1S/C24H24F6N4O2/c25-23(26,27)18-7-3-1-5-13(18)11-31-21(35)17-10-15(9-14-12-32-34-20(14)17)33-22(36)16-6-2-4-8-19(16)24(28,29)30/h1-8,14-15,17,20,32,34H,9-12H2,(H,31,35)(H,33,36). The Kier molecular flexibility index (Phi) is 7.28. The molecule has 4 atom stereocenters. The van der Waals surface area contributed by atoms with Crippen molar-refractivity contribution in [2.24, 2.45) is 11.8 Å². The number of hydrazine groups is 1. The molecule has 1 saturated carbocycles. The highest BCUT2D eigenvalue weighted by Crippen LogP contribution is 2.35. The van der Waals surface area contributed by atoms with E-state index in [1.807, 2.05) is 0 Å². The second-order valence-electron chi connectivity index (χ2n) is 8.98. The Hall–Kier alpha value is -3.12. The first kappa shape index (κ1) is 26.0. The van der Waals surface area contributed by atoms with Gasteiger partial charge in [0, 0.05) is 25.2 Å². The summed E-state index contributed by atoms with van der Waals surface area (Å²) in [5.74, 6) is -2.24. The Morgan fingerprint density at radius 3 is 2.22 bits per heavy atom. The van der Waals surface area contributed by atoms with Crippen LogP contribution in [-0.4, -0.2) is 30.4 Å². The summed E-state index contributed by atoms with van der Waals surface area (Å²) in [4.78, 5) is 25.8. The third-order valence-electron chi connectivity index (χ3n) is 6.62. The Balaban J connectivity index is 1.47. The largest absolute Gasteiger partial charge is 0.417 e. The first-order valence-corrected chi connectivity index (χ1v) is 11.3. The van der Waals surface area contributed by atoms with Crippen molar-refractivity contribution in [3.63, 3.8) is 0 Å². The number of benzene rings is 2. The number of nitrogens with one attached hydrogen (secondary N) is 4. The van der Waals surface area contributed by atoms with Crippen molar-refractivity contribution >= 4 is 11.8 Å². The van der Waals surface area contributed by atoms with E-state index in [2.05, 4.69) is 21.5 Å². The van der Waals surface area contributed by atoms with E-state index >= 15 is 0 Å². The first-order chi connectivity index (χ1) is 16.9. The van der Waals surface area contributed by atoms with Crippen LogP contribution in [0.5, 0.6) is 0 Å². The van der Waals surface area contributed by atoms with Crippen molar-refractivity contribution in [1.82, 2.24) is 21.5 Å². The third kappa shape index (κ3) is 5.65. The molecule has 4 unspecified atom stereocenters. The summed E-state index contributed by atoms with van der Waals surface area (Å²) in [5, 5.41) is 5.18. The van der Waals surface area contributed by atoms with E-state index in [1.54, 1.807) is 0 Å². The van der Waals surface area contributed by atoms with Crippen LogP contribution in [0.1, 0.15) is 39.9 Å². The molecule has 2 amide bonds. The zero-order valence-corrected chi connectivity index (χ0v) is 18.8. The minimum Gasteiger partial charge on any atom is -0.352 e. The van der Waals surface area contributed by atoms with Gasteiger partial charge in [0.05, 0.1) is 22.6 Å². The number of alkyl halides is 6. The van der Waals surface area contributed by atoms with Gasteiger partial charge in [-0.1, -0.05) is 30.3 Å². The molecule has 36 heavy (non-hydrogen) atoms. The predicted molar refractivity (Wildman–Crippen MR) is 117 cm³/mol. The van der Waals surface area contributed by atoms with E-state index in [0.29, 0.717) is 13.0 Å². The normalized spacial score (nSPS) is 24.2. The average Bonchev–Trinajstić information content (AvgIpc) is 3.29. The lowest BCUT2D eigenvalue weighted by Crippen LogP contribution is -2.53. The molecule has 0 bridgehead atoms. The van der Waals surface area contributed by atoms with Crippen molar-refractivity contribution in [2.45, 2.75) is 43.8 Å². The maximum absolute atomic E-state index is 13.3. The fourth-order valence-corrected chi connectivity index (χ4v) is 4.97. The molecule has 0 spiro atoms. The molecule has 1 saturated heterocycles. The fourth-order valence-electron chi connectivity index (χ4n) is 4.97. The van der Waals surface area contributed by atoms with E-state index in [0.717, 1.165) is 18.2 Å². The number of halogens is 6. The molecule has 0 radical (unpaired) electrons. The smallest absolute Gasteiger partial charge is 0.352 e. The number of carbonyl (C=O) groups is 2. The Labute approximate surface area is 202 Å². The van der Waals surface area contributed by atoms with Gasteiger partial charge in [-0.15, -0.1) is 0 Å². The van der Waals surface area contributed by atoms with Gasteiger partial charge in [-0.3, -0.25) is 20.4 Å². The van der Waals surface area contributed by atoms with Gasteiger partial charge in [0.15, 0.2) is 0 Å². The predicted octanol–water partition coefficient (Wildman–Crippen LogP) is 3.64. The number of fused-ring (bicyclic) bond motifs is 1. The van der Waals surface area contributed by atoms with Gasteiger partial charge in [0.1, 0.15) is 0 Å². The van der Waals surface area contributed by atoms with Crippen LogP contribution in [0.3, 0.4) is 0 Å². The van der Waals surface area contributed by atoms with Crippen LogP contribution < -0.4 is 21.5 Å². The van der Waals surface area contributed by atoms with Gasteiger partial charge < -0.3 is 10.6 Å². The highest BCUT2D eigenvalue weighted by atomic mass is 19.4. The number of hydrogen-bond donors (Lipinski definition) is 4. The molecule has 1 aliphatic heterocycles. The molecule has 1 aliphatic carbocycles. The summed E-state index contributed by atoms with van der Waals surface area (Å²) in [7, 11) is 0. The molecule has 0 aromatic heterocycles. The molecule has 194 valence electrons. The maximum Gasteiger partial charge on any atom is 0.417 e. The molecular weight excluding hydrogens is 490 g/mol. The summed E-state index contributed by atoms with van der Waals surface area (Å²) in [5.41, 5.74) is 3.45. The van der Waals surface area contributed by atoms with Gasteiger partial charge in [-0.2, -0.15) is 26.3 Å². The third-order valence-corrected chi connectivity index (χ3v) is 6.62. The van der Waals surface area contributed by atoms with E-state index in [1.165, 1.54) is 30.3 Å². The van der Waals surface area contributed by atoms with Gasteiger partial charge in [-0.25, -0.2) is 0 Å². The number of hydrogen-bond acceptors (Lipinski definition) is 4. The first-order valence-electron chi connectivity index (χ1n) is 11.3. The van der Waals surface area contributed by atoms with Crippen molar-refractivity contribution in [1.29, 1.82) is 0 Å². The molecule has 6 nitrogen and oxygen atoms in total. The minimum absolute atomic E-state index is 0.0863. The number of rotatable bonds is 5. The summed E-state index contributed by atoms with van der Waals surface area (Å²) < 4.78 is 79.8. The molecular formula is C24H24F6N4O2. The van der Waals surface area contributed by atoms with Crippen LogP contribution in [-0.2, 0) is 23.7 Å². The van der Waals surface area contributed by atoms with E-state index in [9.17, 15) is 35.9 Å². The second kappa shape index (κ2) is 10.1. The fraction of sp³-hybridized carbons (Fsp3) is 0.417. The van der Waals surface area contributed by atoms with E-state index in [-0.39, 0.29) is 30.5 Å². The van der Waals surface area contributed by atoms with E-state index < -0.39 is 52.8 Å². The van der Waals surface area contributed by atoms with Crippen molar-refractivity contribution < 1.29 is 35.9 Å². The average molecular weight is 514 g/mol. The summed E-state index contributed by atoms with van der Waals surface area (Å²) in [6.45, 7) is 0.128. The van der Waals surface area contributed by atoms with Crippen LogP contribution in [0.15, 0.2) is 48.5 Å². The van der Waals surface area contributed by atoms with Gasteiger partial charge in [0.2, 0.25) is 5.91 Å². The molecule has 2 aromatic rings. The van der Waals surface area contributed by atoms with Crippen LogP contribution >= 0.6 is 0 Å². The Bertz CT molecular complexity index is 1120. The molecule has 2 aromatic carbocycles. The summed E-state index contributed by atoms with van der Waals surface area (Å²) in [6.07, 6.45) is -8.75. The molecule has 2 fully saturated rings. The van der Waals surface area contributed by atoms with E-state index in [4.69, 9.17) is 0 Å². The quantitative estimate of drug-likeness (QED) is 0.460. The van der Waals surface area contributed by atoms with Crippen molar-refractivity contribution in [3.05, 3.63) is 70.8 Å². The van der Waals surface area contributed by atoms with Crippen LogP contribution in [0, 0.1) is 11.8 Å². The lowest BCUT2D eigenvalue weighted by atomic mass is 9.75. The zero-order chi connectivity index (χ0) is 26.1. The molecule has 12 heteroatoms. The minimum atomic E-state index is -4.71. The summed E-state index contributed by atoms with van der Waals surface area (Å²) in [6, 6.07) is 8.43. The highest BCUT2D eigenvalue weighted by Gasteiger charge is 2.45. The van der Waals surface area contributed by atoms with Gasteiger partial charge >= 0.3 is 12.4 Å². The highest BCUT2D eigenvalue weighted by molar-refractivity contribution is 5.96. The lowest BCUT2D eigenvalue weighted by molar-refractivity contribution is -0.139. The van der Waals surface area contributed by atoms with Crippen molar-refractivity contribution in [3.8, 4) is 0 Å². The maximum atomic E-state index is 13.3. The van der Waals surface area contributed by atoms with Crippen molar-refractivity contribution in [2.75, 3.05) is 6.54 Å². The van der Waals surface area contributed by atoms with Crippen LogP contribution in [0.2, 0.25) is 0 Å². The molecule has 4 rings (SSSR count). The van der Waals surface area contributed by atoms with Crippen LogP contribution in [0.4, 0.5) is 26.3 Å². The zero-order valence-electron chi connectivity index (χ0n) is 18.8. The summed E-state index contributed by atoms with van der Waals surface area (Å²) >= 11 is 0.